The summed E-state index contributed by atoms with van der Waals surface area (Å²) in [6.07, 6.45) is 7.76. The van der Waals surface area contributed by atoms with Gasteiger partial charge in [0, 0.05) is 29.7 Å². The number of amides is 2. The Hall–Kier alpha value is -3.74. The van der Waals surface area contributed by atoms with Gasteiger partial charge in [-0.1, -0.05) is 29.9 Å². The standard InChI is InChI=1S/C27H25NO6/c1-13-10-21(30)19-12-18-15(7-8-17-24(18)27(33)28(2)26(17)32)16(23(19)25(13)31)6-4-14-5-9-20(29)22(11-14)34-3/h4-7,9-11,16-18,24,29H,8,12H2,1-3H3/t16-,17-,18+,24-/m0/s1. The zero-order valence-corrected chi connectivity index (χ0v) is 19.2. The van der Waals surface area contributed by atoms with Crippen LogP contribution in [-0.4, -0.2) is 47.5 Å². The number of ether oxygens (including phenoxy) is 1. The van der Waals surface area contributed by atoms with E-state index in [1.54, 1.807) is 19.1 Å². The third-order valence-corrected chi connectivity index (χ3v) is 7.52. The van der Waals surface area contributed by atoms with E-state index in [4.69, 9.17) is 4.74 Å². The third kappa shape index (κ3) is 3.18. The molecule has 0 saturated carbocycles. The molecule has 0 bridgehead atoms. The van der Waals surface area contributed by atoms with Crippen molar-refractivity contribution in [3.05, 3.63) is 64.3 Å². The molecule has 2 amide bonds. The van der Waals surface area contributed by atoms with Gasteiger partial charge in [0.05, 0.1) is 18.9 Å². The number of benzene rings is 1. The number of Topliss-reactive ketones (excluding diaryl/α,β-unsaturated/α-hetero) is 1. The van der Waals surface area contributed by atoms with Crippen molar-refractivity contribution in [3.63, 3.8) is 0 Å². The highest BCUT2D eigenvalue weighted by Crippen LogP contribution is 2.52. The number of fused-ring (bicyclic) bond motifs is 3. The van der Waals surface area contributed by atoms with Gasteiger partial charge >= 0.3 is 0 Å². The van der Waals surface area contributed by atoms with Gasteiger partial charge in [-0.25, -0.2) is 0 Å². The molecule has 174 valence electrons. The Morgan fingerprint density at radius 1 is 1.12 bits per heavy atom. The van der Waals surface area contributed by atoms with Gasteiger partial charge in [-0.05, 0) is 49.5 Å². The average molecular weight is 459 g/mol. The second-order valence-corrected chi connectivity index (χ2v) is 9.30. The summed E-state index contributed by atoms with van der Waals surface area (Å²) >= 11 is 0. The maximum atomic E-state index is 13.2. The minimum Gasteiger partial charge on any atom is -0.504 e. The van der Waals surface area contributed by atoms with Crippen molar-refractivity contribution in [3.8, 4) is 11.5 Å². The molecule has 7 nitrogen and oxygen atoms in total. The number of carbonyl (C=O) groups is 4. The van der Waals surface area contributed by atoms with Crippen LogP contribution in [0.1, 0.15) is 25.3 Å². The number of methoxy groups -OCH3 is 1. The normalized spacial score (nSPS) is 28.6. The Labute approximate surface area is 197 Å². The number of imide groups is 1. The number of likely N-dealkylation sites (tertiary alicyclic amines) is 1. The molecular formula is C27H25NO6. The maximum Gasteiger partial charge on any atom is 0.233 e. The number of phenolic OH excluding ortho intramolecular Hbond substituents is 1. The molecule has 1 heterocycles. The van der Waals surface area contributed by atoms with Gasteiger partial charge in [0.15, 0.2) is 23.1 Å². The molecule has 0 aromatic heterocycles. The molecule has 3 aliphatic carbocycles. The molecule has 1 fully saturated rings. The van der Waals surface area contributed by atoms with E-state index < -0.39 is 17.8 Å². The molecule has 0 unspecified atom stereocenters. The Morgan fingerprint density at radius 2 is 1.88 bits per heavy atom. The van der Waals surface area contributed by atoms with Gasteiger partial charge in [-0.15, -0.1) is 0 Å². The van der Waals surface area contributed by atoms with E-state index in [1.165, 1.54) is 31.2 Å². The Bertz CT molecular complexity index is 1280. The SMILES string of the molecule is COc1cc(C=C[C@H]2C3=CC[C@@H]4C(=O)N(C)C(=O)[C@@H]4[C@@H]3CC3=C2C(=O)C(C)=CC3=O)ccc1O. The summed E-state index contributed by atoms with van der Waals surface area (Å²) in [4.78, 5) is 53.0. The molecule has 1 aromatic carbocycles. The fourth-order valence-corrected chi connectivity index (χ4v) is 5.80. The number of phenols is 1. The lowest BCUT2D eigenvalue weighted by atomic mass is 9.60. The van der Waals surface area contributed by atoms with Crippen molar-refractivity contribution in [1.82, 2.24) is 4.90 Å². The van der Waals surface area contributed by atoms with Crippen LogP contribution < -0.4 is 4.74 Å². The largest absolute Gasteiger partial charge is 0.504 e. The van der Waals surface area contributed by atoms with Crippen LogP contribution >= 0.6 is 0 Å². The van der Waals surface area contributed by atoms with Gasteiger partial charge in [0.25, 0.3) is 0 Å². The fraction of sp³-hybridized carbons (Fsp3) is 0.333. The molecule has 7 heteroatoms. The summed E-state index contributed by atoms with van der Waals surface area (Å²) < 4.78 is 5.19. The number of carbonyl (C=O) groups excluding carboxylic acids is 4. The zero-order chi connectivity index (χ0) is 24.3. The van der Waals surface area contributed by atoms with Crippen molar-refractivity contribution < 1.29 is 29.0 Å². The van der Waals surface area contributed by atoms with Crippen LogP contribution in [0.5, 0.6) is 11.5 Å². The highest BCUT2D eigenvalue weighted by Gasteiger charge is 2.54. The quantitative estimate of drug-likeness (QED) is 0.424. The van der Waals surface area contributed by atoms with Crippen molar-refractivity contribution in [2.45, 2.75) is 19.8 Å². The van der Waals surface area contributed by atoms with Crippen LogP contribution in [0.2, 0.25) is 0 Å². The lowest BCUT2D eigenvalue weighted by molar-refractivity contribution is -0.138. The van der Waals surface area contributed by atoms with Crippen LogP contribution in [0.3, 0.4) is 0 Å². The van der Waals surface area contributed by atoms with Crippen molar-refractivity contribution in [2.75, 3.05) is 14.2 Å². The molecule has 0 radical (unpaired) electrons. The van der Waals surface area contributed by atoms with E-state index in [1.807, 2.05) is 18.2 Å². The first-order chi connectivity index (χ1) is 16.2. The van der Waals surface area contributed by atoms with E-state index in [9.17, 15) is 24.3 Å². The maximum absolute atomic E-state index is 13.2. The predicted octanol–water partition coefficient (Wildman–Crippen LogP) is 3.01. The number of aromatic hydroxyl groups is 1. The molecule has 5 rings (SSSR count). The summed E-state index contributed by atoms with van der Waals surface area (Å²) in [5.41, 5.74) is 2.95. The fourth-order valence-electron chi connectivity index (χ4n) is 5.80. The Balaban J connectivity index is 1.62. The van der Waals surface area contributed by atoms with E-state index in [-0.39, 0.29) is 41.5 Å². The lowest BCUT2D eigenvalue weighted by Gasteiger charge is -2.41. The molecule has 34 heavy (non-hydrogen) atoms. The smallest absolute Gasteiger partial charge is 0.233 e. The summed E-state index contributed by atoms with van der Waals surface area (Å²) in [7, 11) is 2.97. The lowest BCUT2D eigenvalue weighted by Crippen LogP contribution is -2.39. The molecule has 1 aromatic rings. The van der Waals surface area contributed by atoms with Crippen LogP contribution in [0, 0.1) is 23.7 Å². The van der Waals surface area contributed by atoms with Crippen molar-refractivity contribution in [2.24, 2.45) is 23.7 Å². The Morgan fingerprint density at radius 3 is 2.62 bits per heavy atom. The highest BCUT2D eigenvalue weighted by molar-refractivity contribution is 6.23. The second kappa shape index (κ2) is 7.94. The Kier molecular flexibility index (Phi) is 5.15. The van der Waals surface area contributed by atoms with E-state index >= 15 is 0 Å². The van der Waals surface area contributed by atoms with Gasteiger partial charge in [-0.3, -0.25) is 24.1 Å². The number of ketones is 2. The van der Waals surface area contributed by atoms with Gasteiger partial charge < -0.3 is 9.84 Å². The molecule has 4 atom stereocenters. The second-order valence-electron chi connectivity index (χ2n) is 9.30. The van der Waals surface area contributed by atoms with Crippen LogP contribution in [-0.2, 0) is 19.2 Å². The minimum absolute atomic E-state index is 0.0192. The van der Waals surface area contributed by atoms with Gasteiger partial charge in [0.2, 0.25) is 11.8 Å². The summed E-state index contributed by atoms with van der Waals surface area (Å²) in [6, 6.07) is 4.93. The molecule has 1 saturated heterocycles. The first kappa shape index (κ1) is 22.1. The van der Waals surface area contributed by atoms with Crippen LogP contribution in [0.4, 0.5) is 0 Å². The number of hydrogen-bond acceptors (Lipinski definition) is 6. The zero-order valence-electron chi connectivity index (χ0n) is 19.2. The minimum atomic E-state index is -0.522. The van der Waals surface area contributed by atoms with E-state index in [0.29, 0.717) is 28.9 Å². The van der Waals surface area contributed by atoms with Crippen molar-refractivity contribution >= 4 is 29.5 Å². The van der Waals surface area contributed by atoms with Crippen LogP contribution in [0.15, 0.2) is 58.7 Å². The molecule has 4 aliphatic rings. The summed E-state index contributed by atoms with van der Waals surface area (Å²) in [5, 5.41) is 9.89. The number of rotatable bonds is 3. The van der Waals surface area contributed by atoms with E-state index in [0.717, 1.165) is 11.1 Å². The first-order valence-corrected chi connectivity index (χ1v) is 11.3. The third-order valence-electron chi connectivity index (χ3n) is 7.52. The highest BCUT2D eigenvalue weighted by atomic mass is 16.5. The first-order valence-electron chi connectivity index (χ1n) is 11.3. The number of nitrogens with zero attached hydrogens (tertiary/aromatic N) is 1. The molecule has 0 spiro atoms. The predicted molar refractivity (Wildman–Crippen MR) is 124 cm³/mol. The molecular weight excluding hydrogens is 434 g/mol. The molecule has 1 aliphatic heterocycles. The average Bonchev–Trinajstić information content (AvgIpc) is 3.05. The number of hydrogen-bond donors (Lipinski definition) is 1. The summed E-state index contributed by atoms with van der Waals surface area (Å²) in [6.45, 7) is 1.64. The topological polar surface area (TPSA) is 101 Å². The number of allylic oxidation sites excluding steroid dienone is 7. The van der Waals surface area contributed by atoms with Crippen LogP contribution in [0.25, 0.3) is 6.08 Å². The monoisotopic (exact) mass is 459 g/mol. The summed E-state index contributed by atoms with van der Waals surface area (Å²) in [5.74, 6) is -2.18. The van der Waals surface area contributed by atoms with Gasteiger partial charge in [-0.2, -0.15) is 0 Å². The van der Waals surface area contributed by atoms with Crippen molar-refractivity contribution in [1.29, 1.82) is 0 Å². The van der Waals surface area contributed by atoms with Gasteiger partial charge in [0.1, 0.15) is 0 Å². The van der Waals surface area contributed by atoms with E-state index in [2.05, 4.69) is 0 Å². The molecule has 1 N–H and O–H groups in total.